The van der Waals surface area contributed by atoms with Crippen molar-refractivity contribution in [1.29, 1.82) is 0 Å². The Bertz CT molecular complexity index is 1040. The highest BCUT2D eigenvalue weighted by Gasteiger charge is 2.31. The van der Waals surface area contributed by atoms with E-state index < -0.39 is 11.7 Å². The van der Waals surface area contributed by atoms with Crippen LogP contribution in [-0.4, -0.2) is 54.1 Å². The lowest BCUT2D eigenvalue weighted by molar-refractivity contribution is -0.00390. The molecule has 4 heterocycles. The molecule has 0 saturated carbocycles. The first-order valence-electron chi connectivity index (χ1n) is 9.17. The normalized spacial score (nSPS) is 15.0. The van der Waals surface area contributed by atoms with Crippen LogP contribution in [0.25, 0.3) is 11.1 Å². The number of ether oxygens (including phenoxy) is 1. The van der Waals surface area contributed by atoms with Crippen LogP contribution in [-0.2, 0) is 5.92 Å². The molecule has 1 amide bonds. The van der Waals surface area contributed by atoms with Crippen LogP contribution in [0.5, 0.6) is 5.75 Å². The zero-order chi connectivity index (χ0) is 20.6. The topological polar surface area (TPSA) is 71.7 Å². The zero-order valence-electron chi connectivity index (χ0n) is 16.1. The molecule has 9 heteroatoms. The summed E-state index contributed by atoms with van der Waals surface area (Å²) in [6, 6.07) is 4.47. The van der Waals surface area contributed by atoms with Gasteiger partial charge in [-0.2, -0.15) is 8.78 Å². The number of furan rings is 1. The first-order valence-corrected chi connectivity index (χ1v) is 9.17. The fraction of sp³-hybridized carbons (Fsp3) is 0.350. The van der Waals surface area contributed by atoms with Crippen molar-refractivity contribution in [2.75, 3.05) is 38.2 Å². The van der Waals surface area contributed by atoms with E-state index in [0.717, 1.165) is 18.4 Å². The molecule has 7 nitrogen and oxygen atoms in total. The first-order chi connectivity index (χ1) is 13.9. The Morgan fingerprint density at radius 2 is 1.97 bits per heavy atom. The number of hydrogen-bond donors (Lipinski definition) is 0. The second-order valence-corrected chi connectivity index (χ2v) is 6.90. The van der Waals surface area contributed by atoms with Gasteiger partial charge >= 0.3 is 5.92 Å². The summed E-state index contributed by atoms with van der Waals surface area (Å²) < 4.78 is 37.9. The van der Waals surface area contributed by atoms with Crippen LogP contribution in [0.4, 0.5) is 14.5 Å². The van der Waals surface area contributed by atoms with E-state index in [1.807, 2.05) is 0 Å². The number of carbonyl (C=O) groups excluding carboxylic acids is 1. The number of halogens is 2. The van der Waals surface area contributed by atoms with Gasteiger partial charge in [-0.3, -0.25) is 14.8 Å². The number of pyridine rings is 2. The molecule has 1 saturated heterocycles. The molecule has 1 aliphatic rings. The number of methoxy groups -OCH3 is 1. The van der Waals surface area contributed by atoms with Gasteiger partial charge < -0.3 is 19.0 Å². The molecule has 3 aromatic heterocycles. The number of fused-ring (bicyclic) bond motifs is 1. The van der Waals surface area contributed by atoms with Gasteiger partial charge in [0.05, 0.1) is 24.6 Å². The van der Waals surface area contributed by atoms with Crippen LogP contribution < -0.4 is 9.64 Å². The molecule has 29 heavy (non-hydrogen) atoms. The largest absolute Gasteiger partial charge is 0.494 e. The molecule has 0 radical (unpaired) electrons. The summed E-state index contributed by atoms with van der Waals surface area (Å²) in [7, 11) is 1.60. The van der Waals surface area contributed by atoms with E-state index >= 15 is 0 Å². The molecular weight excluding hydrogens is 382 g/mol. The number of rotatable bonds is 4. The molecule has 3 aromatic rings. The number of amides is 1. The third-order valence-corrected chi connectivity index (χ3v) is 4.96. The molecule has 0 N–H and O–H groups in total. The lowest BCUT2D eigenvalue weighted by Gasteiger charge is -2.36. The van der Waals surface area contributed by atoms with Gasteiger partial charge in [-0.25, -0.2) is 0 Å². The highest BCUT2D eigenvalue weighted by Crippen LogP contribution is 2.33. The molecular formula is C20H20F2N4O3. The summed E-state index contributed by atoms with van der Waals surface area (Å²) in [5, 5.41) is 0. The van der Waals surface area contributed by atoms with Crippen LogP contribution >= 0.6 is 0 Å². The number of aromatic nitrogens is 2. The quantitative estimate of drug-likeness (QED) is 0.667. The highest BCUT2D eigenvalue weighted by molar-refractivity contribution is 6.04. The van der Waals surface area contributed by atoms with Crippen LogP contribution in [0.15, 0.2) is 41.2 Å². The van der Waals surface area contributed by atoms with E-state index in [1.165, 1.54) is 18.3 Å². The average molecular weight is 402 g/mol. The van der Waals surface area contributed by atoms with E-state index in [-0.39, 0.29) is 22.6 Å². The smallest absolute Gasteiger partial charge is 0.302 e. The second-order valence-electron chi connectivity index (χ2n) is 6.90. The third-order valence-electron chi connectivity index (χ3n) is 4.96. The Balaban J connectivity index is 1.54. The van der Waals surface area contributed by atoms with Crippen LogP contribution in [0.2, 0.25) is 0 Å². The fourth-order valence-corrected chi connectivity index (χ4v) is 3.43. The SMILES string of the molecule is COc1ccncc1N1CCN(C(=O)c2ccnc3cc(C(C)(F)F)oc23)CC1. The van der Waals surface area contributed by atoms with Gasteiger partial charge in [-0.15, -0.1) is 0 Å². The Morgan fingerprint density at radius 3 is 2.66 bits per heavy atom. The summed E-state index contributed by atoms with van der Waals surface area (Å²) >= 11 is 0. The second kappa shape index (κ2) is 7.31. The van der Waals surface area contributed by atoms with Crippen molar-refractivity contribution >= 4 is 22.7 Å². The lowest BCUT2D eigenvalue weighted by Crippen LogP contribution is -2.49. The van der Waals surface area contributed by atoms with Crippen molar-refractivity contribution in [1.82, 2.24) is 14.9 Å². The zero-order valence-corrected chi connectivity index (χ0v) is 16.1. The van der Waals surface area contributed by atoms with Crippen LogP contribution in [0.1, 0.15) is 23.0 Å². The van der Waals surface area contributed by atoms with E-state index in [9.17, 15) is 13.6 Å². The molecule has 0 unspecified atom stereocenters. The van der Waals surface area contributed by atoms with E-state index in [4.69, 9.17) is 9.15 Å². The lowest BCUT2D eigenvalue weighted by atomic mass is 10.1. The maximum atomic E-state index is 13.6. The number of hydrogen-bond acceptors (Lipinski definition) is 6. The number of alkyl halides is 2. The van der Waals surface area contributed by atoms with Crippen molar-refractivity contribution in [3.05, 3.63) is 48.1 Å². The molecule has 1 fully saturated rings. The summed E-state index contributed by atoms with van der Waals surface area (Å²) in [6.07, 6.45) is 4.83. The predicted octanol–water partition coefficient (Wildman–Crippen LogP) is 3.31. The van der Waals surface area contributed by atoms with Gasteiger partial charge in [0, 0.05) is 57.6 Å². The Kier molecular flexibility index (Phi) is 4.81. The molecule has 0 aromatic carbocycles. The van der Waals surface area contributed by atoms with Gasteiger partial charge in [0.1, 0.15) is 11.3 Å². The number of piperazine rings is 1. The molecule has 0 bridgehead atoms. The Labute approximate surface area is 165 Å². The maximum Gasteiger partial charge on any atom is 0.302 e. The standard InChI is InChI=1S/C20H20F2N4O3/c1-20(21,22)17-11-14-18(29-17)13(3-6-24-14)19(27)26-9-7-25(8-10-26)15-12-23-5-4-16(15)28-2/h3-6,11-12H,7-10H2,1-2H3. The predicted molar refractivity (Wildman–Crippen MR) is 102 cm³/mol. The molecule has 0 aliphatic carbocycles. The van der Waals surface area contributed by atoms with Gasteiger partial charge in [0.25, 0.3) is 5.91 Å². The minimum atomic E-state index is -3.14. The molecule has 0 spiro atoms. The van der Waals surface area contributed by atoms with Crippen molar-refractivity contribution in [3.63, 3.8) is 0 Å². The Hall–Kier alpha value is -3.23. The minimum absolute atomic E-state index is 0.0883. The van der Waals surface area contributed by atoms with Crippen LogP contribution in [0.3, 0.4) is 0 Å². The van der Waals surface area contributed by atoms with E-state index in [1.54, 1.807) is 30.5 Å². The van der Waals surface area contributed by atoms with Gasteiger partial charge in [0.15, 0.2) is 11.3 Å². The molecule has 1 aliphatic heterocycles. The average Bonchev–Trinajstić information content (AvgIpc) is 3.18. The van der Waals surface area contributed by atoms with Crippen molar-refractivity contribution in [3.8, 4) is 5.75 Å². The fourth-order valence-electron chi connectivity index (χ4n) is 3.43. The number of carbonyl (C=O) groups is 1. The summed E-state index contributed by atoms with van der Waals surface area (Å²) in [5.41, 5.74) is 1.43. The minimum Gasteiger partial charge on any atom is -0.494 e. The molecule has 152 valence electrons. The van der Waals surface area contributed by atoms with Gasteiger partial charge in [-0.1, -0.05) is 0 Å². The first kappa shape index (κ1) is 19.1. The van der Waals surface area contributed by atoms with E-state index in [0.29, 0.717) is 26.2 Å². The third kappa shape index (κ3) is 3.59. The van der Waals surface area contributed by atoms with Crippen molar-refractivity contribution < 1.29 is 22.7 Å². The van der Waals surface area contributed by atoms with E-state index in [2.05, 4.69) is 14.9 Å². The maximum absolute atomic E-state index is 13.6. The van der Waals surface area contributed by atoms with Crippen LogP contribution in [0, 0.1) is 0 Å². The van der Waals surface area contributed by atoms with Gasteiger partial charge in [-0.05, 0) is 6.07 Å². The Morgan fingerprint density at radius 1 is 1.21 bits per heavy atom. The molecule has 4 rings (SSSR count). The van der Waals surface area contributed by atoms with Crippen molar-refractivity contribution in [2.45, 2.75) is 12.8 Å². The number of anilines is 1. The van der Waals surface area contributed by atoms with Crippen molar-refractivity contribution in [2.24, 2.45) is 0 Å². The summed E-state index contributed by atoms with van der Waals surface area (Å²) in [6.45, 7) is 2.88. The number of nitrogens with zero attached hydrogens (tertiary/aromatic N) is 4. The van der Waals surface area contributed by atoms with Gasteiger partial charge in [0.2, 0.25) is 0 Å². The summed E-state index contributed by atoms with van der Waals surface area (Å²) in [4.78, 5) is 25.0. The monoisotopic (exact) mass is 402 g/mol. The highest BCUT2D eigenvalue weighted by atomic mass is 19.3. The molecule has 0 atom stereocenters. The summed E-state index contributed by atoms with van der Waals surface area (Å²) in [5.74, 6) is -3.20.